The molecule has 0 radical (unpaired) electrons. The van der Waals surface area contributed by atoms with Gasteiger partial charge < -0.3 is 9.88 Å². The molecule has 2 aromatic rings. The molecule has 27 heavy (non-hydrogen) atoms. The lowest BCUT2D eigenvalue weighted by Gasteiger charge is -2.12. The molecule has 0 aliphatic heterocycles. The van der Waals surface area contributed by atoms with Gasteiger partial charge in [0, 0.05) is 31.0 Å². The number of carbonyl (C=O) groups is 1. The molecule has 1 aliphatic rings. The van der Waals surface area contributed by atoms with Gasteiger partial charge in [0.05, 0.1) is 0 Å². The molecular weight excluding hydrogens is 336 g/mol. The van der Waals surface area contributed by atoms with Gasteiger partial charge in [-0.1, -0.05) is 38.0 Å². The summed E-state index contributed by atoms with van der Waals surface area (Å²) in [6.45, 7) is 8.60. The Labute approximate surface area is 162 Å². The molecule has 1 heterocycles. The first-order valence-electron chi connectivity index (χ1n) is 10.3. The van der Waals surface area contributed by atoms with Crippen LogP contribution in [0.4, 0.5) is 5.69 Å². The summed E-state index contributed by atoms with van der Waals surface area (Å²) in [6.07, 6.45) is 6.81. The first-order valence-corrected chi connectivity index (χ1v) is 10.3. The smallest absolute Gasteiger partial charge is 0.224 e. The average molecular weight is 369 g/mol. The van der Waals surface area contributed by atoms with E-state index in [9.17, 15) is 4.79 Å². The summed E-state index contributed by atoms with van der Waals surface area (Å²) in [6, 6.07) is 6.63. The van der Waals surface area contributed by atoms with E-state index in [-0.39, 0.29) is 5.91 Å². The minimum atomic E-state index is 0.0356. The van der Waals surface area contributed by atoms with E-state index in [4.69, 9.17) is 0 Å². The first kappa shape index (κ1) is 19.6. The number of aryl methyl sites for hydroxylation is 4. The molecule has 1 unspecified atom stereocenters. The Balaban J connectivity index is 1.60. The fraction of sp³-hybridized carbons (Fsp3) is 0.591. The van der Waals surface area contributed by atoms with Gasteiger partial charge in [-0.05, 0) is 50.7 Å². The van der Waals surface area contributed by atoms with Crippen molar-refractivity contribution in [3.05, 3.63) is 41.0 Å². The molecule has 3 rings (SSSR count). The maximum absolute atomic E-state index is 12.4. The zero-order valence-electron chi connectivity index (χ0n) is 17.1. The van der Waals surface area contributed by atoms with E-state index in [0.717, 1.165) is 35.7 Å². The van der Waals surface area contributed by atoms with Crippen molar-refractivity contribution >= 4 is 11.6 Å². The Kier molecular flexibility index (Phi) is 6.30. The minimum Gasteiger partial charge on any atom is -0.326 e. The number of nitrogens with zero attached hydrogens (tertiary/aromatic N) is 3. The topological polar surface area (TPSA) is 59.8 Å². The van der Waals surface area contributed by atoms with Crippen LogP contribution in [0.3, 0.4) is 0 Å². The highest BCUT2D eigenvalue weighted by atomic mass is 16.1. The van der Waals surface area contributed by atoms with Gasteiger partial charge in [0.25, 0.3) is 0 Å². The third kappa shape index (κ3) is 5.18. The Hall–Kier alpha value is -2.17. The summed E-state index contributed by atoms with van der Waals surface area (Å²) in [5.41, 5.74) is 3.19. The summed E-state index contributed by atoms with van der Waals surface area (Å²) in [7, 11) is 0. The first-order chi connectivity index (χ1) is 13.0. The fourth-order valence-corrected chi connectivity index (χ4v) is 3.43. The molecule has 1 fully saturated rings. The molecular formula is C22H32N4O. The molecule has 1 aliphatic carbocycles. The van der Waals surface area contributed by atoms with Crippen LogP contribution in [0, 0.1) is 19.8 Å². The summed E-state index contributed by atoms with van der Waals surface area (Å²) in [5, 5.41) is 11.9. The van der Waals surface area contributed by atoms with Crippen molar-refractivity contribution in [2.24, 2.45) is 5.92 Å². The number of hydrogen-bond acceptors (Lipinski definition) is 3. The van der Waals surface area contributed by atoms with Crippen LogP contribution in [0.25, 0.3) is 0 Å². The van der Waals surface area contributed by atoms with Crippen LogP contribution in [-0.2, 0) is 17.6 Å². The van der Waals surface area contributed by atoms with Gasteiger partial charge in [-0.3, -0.25) is 4.79 Å². The molecule has 1 amide bonds. The molecule has 1 atom stereocenters. The average Bonchev–Trinajstić information content (AvgIpc) is 3.40. The van der Waals surface area contributed by atoms with Crippen LogP contribution in [-0.4, -0.2) is 20.7 Å². The quantitative estimate of drug-likeness (QED) is 0.693. The van der Waals surface area contributed by atoms with Crippen molar-refractivity contribution in [1.29, 1.82) is 0 Å². The van der Waals surface area contributed by atoms with Crippen molar-refractivity contribution in [2.45, 2.75) is 78.7 Å². The molecule has 5 nitrogen and oxygen atoms in total. The van der Waals surface area contributed by atoms with Crippen molar-refractivity contribution in [3.63, 3.8) is 0 Å². The molecule has 1 saturated carbocycles. The Morgan fingerprint density at radius 3 is 2.56 bits per heavy atom. The lowest BCUT2D eigenvalue weighted by atomic mass is 10.0. The lowest BCUT2D eigenvalue weighted by Crippen LogP contribution is -2.15. The SMILES string of the molecule is CCC(C)CCc1nnc(CCC(=O)Nc2ccc(C)cc2C)n1C1CC1. The fourth-order valence-electron chi connectivity index (χ4n) is 3.43. The third-order valence-corrected chi connectivity index (χ3v) is 5.54. The van der Waals surface area contributed by atoms with Gasteiger partial charge >= 0.3 is 0 Å². The summed E-state index contributed by atoms with van der Waals surface area (Å²) < 4.78 is 2.31. The van der Waals surface area contributed by atoms with Crippen LogP contribution >= 0.6 is 0 Å². The minimum absolute atomic E-state index is 0.0356. The van der Waals surface area contributed by atoms with Crippen LogP contribution in [0.2, 0.25) is 0 Å². The standard InChI is InChI=1S/C22H32N4O/c1-5-15(2)7-11-20-24-25-21(26(20)18-8-9-18)12-13-22(27)23-19-10-6-16(3)14-17(19)4/h6,10,14-15,18H,5,7-9,11-13H2,1-4H3,(H,23,27). The van der Waals surface area contributed by atoms with Crippen molar-refractivity contribution in [3.8, 4) is 0 Å². The Morgan fingerprint density at radius 2 is 1.93 bits per heavy atom. The number of rotatable bonds is 9. The molecule has 0 saturated heterocycles. The summed E-state index contributed by atoms with van der Waals surface area (Å²) in [4.78, 5) is 12.4. The molecule has 0 spiro atoms. The van der Waals surface area contributed by atoms with Gasteiger partial charge in [-0.15, -0.1) is 10.2 Å². The second kappa shape index (κ2) is 8.68. The normalized spacial score (nSPS) is 15.0. The Bertz CT molecular complexity index is 792. The van der Waals surface area contributed by atoms with E-state index < -0.39 is 0 Å². The zero-order valence-corrected chi connectivity index (χ0v) is 17.1. The number of benzene rings is 1. The second-order valence-corrected chi connectivity index (χ2v) is 8.05. The number of aromatic nitrogens is 3. The van der Waals surface area contributed by atoms with E-state index in [1.54, 1.807) is 0 Å². The third-order valence-electron chi connectivity index (χ3n) is 5.54. The molecule has 0 bridgehead atoms. The number of hydrogen-bond donors (Lipinski definition) is 1. The molecule has 1 N–H and O–H groups in total. The second-order valence-electron chi connectivity index (χ2n) is 8.05. The number of amides is 1. The summed E-state index contributed by atoms with van der Waals surface area (Å²) >= 11 is 0. The van der Waals surface area contributed by atoms with Gasteiger partial charge in [-0.25, -0.2) is 0 Å². The van der Waals surface area contributed by atoms with E-state index in [2.05, 4.69) is 46.9 Å². The highest BCUT2D eigenvalue weighted by Gasteiger charge is 2.29. The van der Waals surface area contributed by atoms with Gasteiger partial charge in [0.1, 0.15) is 11.6 Å². The van der Waals surface area contributed by atoms with E-state index in [1.807, 2.05) is 19.1 Å². The van der Waals surface area contributed by atoms with Crippen LogP contribution in [0.15, 0.2) is 18.2 Å². The summed E-state index contributed by atoms with van der Waals surface area (Å²) in [5.74, 6) is 2.81. The van der Waals surface area contributed by atoms with Gasteiger partial charge in [0.2, 0.25) is 5.91 Å². The highest BCUT2D eigenvalue weighted by Crippen LogP contribution is 2.37. The monoisotopic (exact) mass is 368 g/mol. The van der Waals surface area contributed by atoms with Crippen molar-refractivity contribution in [1.82, 2.24) is 14.8 Å². The predicted octanol–water partition coefficient (Wildman–Crippen LogP) is 4.78. The van der Waals surface area contributed by atoms with E-state index in [1.165, 1.54) is 24.8 Å². The number of anilines is 1. The van der Waals surface area contributed by atoms with Gasteiger partial charge in [-0.2, -0.15) is 0 Å². The number of carbonyl (C=O) groups excluding carboxylic acids is 1. The largest absolute Gasteiger partial charge is 0.326 e. The lowest BCUT2D eigenvalue weighted by molar-refractivity contribution is -0.116. The maximum atomic E-state index is 12.4. The van der Waals surface area contributed by atoms with E-state index in [0.29, 0.717) is 24.8 Å². The van der Waals surface area contributed by atoms with Crippen LogP contribution < -0.4 is 5.32 Å². The zero-order chi connectivity index (χ0) is 19.4. The number of nitrogens with one attached hydrogen (secondary N) is 1. The maximum Gasteiger partial charge on any atom is 0.224 e. The van der Waals surface area contributed by atoms with Crippen LogP contribution in [0.1, 0.15) is 74.8 Å². The molecule has 1 aromatic heterocycles. The predicted molar refractivity (Wildman–Crippen MR) is 109 cm³/mol. The molecule has 1 aromatic carbocycles. The van der Waals surface area contributed by atoms with Crippen molar-refractivity contribution < 1.29 is 4.79 Å². The van der Waals surface area contributed by atoms with Crippen LogP contribution in [0.5, 0.6) is 0 Å². The molecule has 146 valence electrons. The highest BCUT2D eigenvalue weighted by molar-refractivity contribution is 5.91. The Morgan fingerprint density at radius 1 is 1.22 bits per heavy atom. The molecule has 5 heteroatoms. The van der Waals surface area contributed by atoms with Crippen molar-refractivity contribution in [2.75, 3.05) is 5.32 Å². The van der Waals surface area contributed by atoms with E-state index >= 15 is 0 Å². The van der Waals surface area contributed by atoms with Gasteiger partial charge in [0.15, 0.2) is 0 Å².